The number of carboxylic acids is 2. The Kier molecular flexibility index (Phi) is 13.9. The maximum Gasteiger partial charge on any atom is 0.303 e. The van der Waals surface area contributed by atoms with Gasteiger partial charge in [-0.3, -0.25) is 38.6 Å². The maximum atomic E-state index is 12.3. The van der Waals surface area contributed by atoms with E-state index < -0.39 is 11.9 Å². The normalized spacial score (nSPS) is 23.3. The highest BCUT2D eigenvalue weighted by Crippen LogP contribution is 2.44. The topological polar surface area (TPSA) is 196 Å². The molecule has 4 amide bonds. The predicted octanol–water partition coefficient (Wildman–Crippen LogP) is -0.368. The van der Waals surface area contributed by atoms with E-state index in [1.54, 1.807) is 0 Å². The van der Waals surface area contributed by atoms with Crippen LogP contribution < -0.4 is 0 Å². The van der Waals surface area contributed by atoms with E-state index >= 15 is 0 Å². The fourth-order valence-corrected chi connectivity index (χ4v) is 4.84. The van der Waals surface area contributed by atoms with Gasteiger partial charge in [-0.15, -0.1) is 0 Å². The lowest BCUT2D eigenvalue weighted by Gasteiger charge is -2.17. The molecule has 15 nitrogen and oxygen atoms in total. The SMILES string of the molecule is O=C(O)CCCOCCOCCN1C(=O)C2C3C=CC(O3)C2C1=O.O=C(O)CCCOCCOCCN1C(=O)C=CC1=O. The Morgan fingerprint density at radius 2 is 1.02 bits per heavy atom. The van der Waals surface area contributed by atoms with Crippen molar-refractivity contribution < 1.29 is 62.7 Å². The predicted molar refractivity (Wildman–Crippen MR) is 144 cm³/mol. The van der Waals surface area contributed by atoms with E-state index in [4.69, 9.17) is 33.9 Å². The van der Waals surface area contributed by atoms with Gasteiger partial charge in [0.05, 0.1) is 76.8 Å². The summed E-state index contributed by atoms with van der Waals surface area (Å²) in [6.45, 7) is 3.14. The highest BCUT2D eigenvalue weighted by molar-refractivity contribution is 6.12. The molecule has 0 aliphatic carbocycles. The Morgan fingerprint density at radius 1 is 0.628 bits per heavy atom. The molecule has 4 aliphatic heterocycles. The van der Waals surface area contributed by atoms with E-state index in [0.29, 0.717) is 52.5 Å². The molecule has 4 unspecified atom stereocenters. The van der Waals surface area contributed by atoms with Crippen molar-refractivity contribution in [2.45, 2.75) is 37.9 Å². The van der Waals surface area contributed by atoms with Crippen molar-refractivity contribution in [1.29, 1.82) is 0 Å². The quantitative estimate of drug-likeness (QED) is 0.103. The van der Waals surface area contributed by atoms with Gasteiger partial charge in [-0.2, -0.15) is 0 Å². The van der Waals surface area contributed by atoms with Crippen LogP contribution in [0.25, 0.3) is 0 Å². The Labute approximate surface area is 248 Å². The number of aliphatic carboxylic acids is 2. The van der Waals surface area contributed by atoms with Crippen molar-refractivity contribution in [3.8, 4) is 0 Å². The molecule has 0 spiro atoms. The molecule has 4 aliphatic rings. The molecule has 0 aromatic carbocycles. The molecule has 0 radical (unpaired) electrons. The molecule has 4 heterocycles. The average molecular weight is 611 g/mol. The second kappa shape index (κ2) is 17.6. The second-order valence-electron chi connectivity index (χ2n) is 9.94. The van der Waals surface area contributed by atoms with Crippen LogP contribution >= 0.6 is 0 Å². The number of carbonyl (C=O) groups excluding carboxylic acids is 4. The highest BCUT2D eigenvalue weighted by Gasteiger charge is 2.60. The van der Waals surface area contributed by atoms with Gasteiger partial charge in [0.1, 0.15) is 0 Å². The van der Waals surface area contributed by atoms with Gasteiger partial charge in [0.25, 0.3) is 11.8 Å². The molecule has 2 saturated heterocycles. The van der Waals surface area contributed by atoms with Crippen molar-refractivity contribution in [2.75, 3.05) is 65.9 Å². The van der Waals surface area contributed by atoms with E-state index in [0.717, 1.165) is 4.90 Å². The minimum absolute atomic E-state index is 0.0862. The lowest BCUT2D eigenvalue weighted by Crippen LogP contribution is -2.37. The summed E-state index contributed by atoms with van der Waals surface area (Å²) in [6.07, 6.45) is 6.77. The van der Waals surface area contributed by atoms with Gasteiger partial charge in [0.2, 0.25) is 11.8 Å². The summed E-state index contributed by atoms with van der Waals surface area (Å²) in [7, 11) is 0. The zero-order chi connectivity index (χ0) is 31.2. The van der Waals surface area contributed by atoms with Crippen LogP contribution in [0, 0.1) is 11.8 Å². The summed E-state index contributed by atoms with van der Waals surface area (Å²) < 4.78 is 26.5. The molecule has 2 N–H and O–H groups in total. The van der Waals surface area contributed by atoms with Crippen LogP contribution in [0.5, 0.6) is 0 Å². The molecular formula is C28H38N2O13. The molecule has 2 fully saturated rings. The summed E-state index contributed by atoms with van der Waals surface area (Å²) in [5.74, 6) is -3.40. The number of ether oxygens (including phenoxy) is 5. The third-order valence-corrected chi connectivity index (χ3v) is 6.92. The molecule has 0 saturated carbocycles. The zero-order valence-electron chi connectivity index (χ0n) is 23.8. The first-order valence-electron chi connectivity index (χ1n) is 14.2. The third-order valence-electron chi connectivity index (χ3n) is 6.92. The lowest BCUT2D eigenvalue weighted by atomic mass is 9.85. The number of carboxylic acid groups (broad SMARTS) is 2. The Hall–Kier alpha value is -3.50. The third kappa shape index (κ3) is 10.3. The van der Waals surface area contributed by atoms with E-state index in [-0.39, 0.29) is 86.8 Å². The highest BCUT2D eigenvalue weighted by atomic mass is 16.5. The molecule has 4 atom stereocenters. The monoisotopic (exact) mass is 610 g/mol. The number of likely N-dealkylation sites (tertiary alicyclic amines) is 1. The first-order chi connectivity index (χ1) is 20.7. The van der Waals surface area contributed by atoms with Gasteiger partial charge in [-0.05, 0) is 12.8 Å². The van der Waals surface area contributed by atoms with Gasteiger partial charge in [-0.1, -0.05) is 12.2 Å². The van der Waals surface area contributed by atoms with Crippen molar-refractivity contribution in [2.24, 2.45) is 11.8 Å². The van der Waals surface area contributed by atoms with Crippen molar-refractivity contribution >= 4 is 35.6 Å². The van der Waals surface area contributed by atoms with Gasteiger partial charge in [0.15, 0.2) is 0 Å². The smallest absolute Gasteiger partial charge is 0.303 e. The van der Waals surface area contributed by atoms with E-state index in [9.17, 15) is 28.8 Å². The van der Waals surface area contributed by atoms with Crippen LogP contribution in [-0.4, -0.2) is 134 Å². The Balaban J connectivity index is 0.000000243. The zero-order valence-corrected chi connectivity index (χ0v) is 23.8. The molecule has 238 valence electrons. The molecule has 43 heavy (non-hydrogen) atoms. The van der Waals surface area contributed by atoms with Gasteiger partial charge in [-0.25, -0.2) is 0 Å². The molecular weight excluding hydrogens is 572 g/mol. The summed E-state index contributed by atoms with van der Waals surface area (Å²) in [6, 6.07) is 0. The van der Waals surface area contributed by atoms with E-state index in [2.05, 4.69) is 0 Å². The van der Waals surface area contributed by atoms with E-state index in [1.165, 1.54) is 17.1 Å². The van der Waals surface area contributed by atoms with Crippen molar-refractivity contribution in [3.63, 3.8) is 0 Å². The van der Waals surface area contributed by atoms with Crippen LogP contribution in [0.3, 0.4) is 0 Å². The minimum atomic E-state index is -0.839. The van der Waals surface area contributed by atoms with Crippen LogP contribution in [0.15, 0.2) is 24.3 Å². The molecule has 4 rings (SSSR count). The summed E-state index contributed by atoms with van der Waals surface area (Å²) in [5.41, 5.74) is 0. The average Bonchev–Trinajstić information content (AvgIpc) is 3.72. The number of nitrogens with zero attached hydrogens (tertiary/aromatic N) is 2. The van der Waals surface area contributed by atoms with E-state index in [1.807, 2.05) is 12.2 Å². The first kappa shape index (κ1) is 34.0. The first-order valence-corrected chi connectivity index (χ1v) is 14.2. The number of amides is 4. The molecule has 0 aromatic rings. The van der Waals surface area contributed by atoms with Gasteiger partial charge >= 0.3 is 11.9 Å². The van der Waals surface area contributed by atoms with Gasteiger partial charge < -0.3 is 33.9 Å². The number of fused-ring (bicyclic) bond motifs is 5. The summed E-state index contributed by atoms with van der Waals surface area (Å²) >= 11 is 0. The number of imide groups is 2. The summed E-state index contributed by atoms with van der Waals surface area (Å²) in [5, 5.41) is 16.9. The van der Waals surface area contributed by atoms with Crippen molar-refractivity contribution in [3.05, 3.63) is 24.3 Å². The lowest BCUT2D eigenvalue weighted by molar-refractivity contribution is -0.144. The van der Waals surface area contributed by atoms with Crippen LogP contribution in [0.2, 0.25) is 0 Å². The fraction of sp³-hybridized carbons (Fsp3) is 0.643. The number of hydrogen-bond donors (Lipinski definition) is 2. The Bertz CT molecular complexity index is 1030. The van der Waals surface area contributed by atoms with Crippen LogP contribution in [0.4, 0.5) is 0 Å². The van der Waals surface area contributed by atoms with Crippen molar-refractivity contribution in [1.82, 2.24) is 9.80 Å². The molecule has 0 aromatic heterocycles. The Morgan fingerprint density at radius 3 is 1.44 bits per heavy atom. The largest absolute Gasteiger partial charge is 0.481 e. The molecule has 2 bridgehead atoms. The summed E-state index contributed by atoms with van der Waals surface area (Å²) in [4.78, 5) is 69.9. The van der Waals surface area contributed by atoms with Crippen LogP contribution in [-0.2, 0) is 52.5 Å². The maximum absolute atomic E-state index is 12.3. The number of rotatable bonds is 20. The molecule has 15 heteroatoms. The minimum Gasteiger partial charge on any atom is -0.481 e. The standard InChI is InChI=1S/C16H21NO7.C12H17NO6/c18-12(19)2-1-6-22-8-9-23-7-5-17-15(20)13-10-3-4-11(24-10)14(13)16(17)21;14-10-3-4-11(15)13(10)5-7-19-9-8-18-6-1-2-12(16)17/h3-4,10-11,13-14H,1-2,5-9H2,(H,18,19);3-4H,1-2,5-9H2,(H,16,17). The second-order valence-corrected chi connectivity index (χ2v) is 9.94. The van der Waals surface area contributed by atoms with Gasteiger partial charge in [0, 0.05) is 38.2 Å². The fourth-order valence-electron chi connectivity index (χ4n) is 4.84. The number of carbonyl (C=O) groups is 6. The van der Waals surface area contributed by atoms with Crippen LogP contribution in [0.1, 0.15) is 25.7 Å². The number of hydrogen-bond acceptors (Lipinski definition) is 11.